The van der Waals surface area contributed by atoms with Gasteiger partial charge in [0.2, 0.25) is 5.91 Å². The number of carbonyl (C=O) groups excluding carboxylic acids is 1. The summed E-state index contributed by atoms with van der Waals surface area (Å²) in [5, 5.41) is 9.67. The molecule has 13 heavy (non-hydrogen) atoms. The third-order valence-electron chi connectivity index (χ3n) is 2.55. The summed E-state index contributed by atoms with van der Waals surface area (Å²) in [7, 11) is 3.49. The Morgan fingerprint density at radius 1 is 1.54 bits per heavy atom. The number of likely N-dealkylation sites (tertiary alicyclic amines) is 1. The standard InChI is InChI=1S/C9H18N2O2/c1-4-9(13)6-11(7-9)5-8(12)10(2)3/h13H,4-7H2,1-3H3. The van der Waals surface area contributed by atoms with E-state index in [1.165, 1.54) is 0 Å². The number of amides is 1. The van der Waals surface area contributed by atoms with E-state index < -0.39 is 5.60 Å². The molecule has 0 unspecified atom stereocenters. The topological polar surface area (TPSA) is 43.8 Å². The number of likely N-dealkylation sites (N-methyl/N-ethyl adjacent to an activating group) is 1. The first-order valence-corrected chi connectivity index (χ1v) is 4.62. The fourth-order valence-corrected chi connectivity index (χ4v) is 1.45. The predicted molar refractivity (Wildman–Crippen MR) is 50.4 cm³/mol. The average Bonchev–Trinajstić information content (AvgIpc) is 2.01. The maximum absolute atomic E-state index is 11.2. The molecule has 0 aromatic carbocycles. The van der Waals surface area contributed by atoms with Gasteiger partial charge in [0.05, 0.1) is 12.1 Å². The van der Waals surface area contributed by atoms with Crippen LogP contribution in [0.25, 0.3) is 0 Å². The molecule has 1 amide bonds. The van der Waals surface area contributed by atoms with E-state index in [2.05, 4.69) is 0 Å². The van der Waals surface area contributed by atoms with Gasteiger partial charge in [0.15, 0.2) is 0 Å². The Balaban J connectivity index is 2.25. The van der Waals surface area contributed by atoms with Gasteiger partial charge in [-0.25, -0.2) is 0 Å². The number of rotatable bonds is 3. The van der Waals surface area contributed by atoms with Crippen molar-refractivity contribution < 1.29 is 9.90 Å². The second kappa shape index (κ2) is 3.64. The van der Waals surface area contributed by atoms with Crippen molar-refractivity contribution in [1.29, 1.82) is 0 Å². The van der Waals surface area contributed by atoms with Crippen LogP contribution in [0.2, 0.25) is 0 Å². The molecule has 1 N–H and O–H groups in total. The molecule has 1 heterocycles. The largest absolute Gasteiger partial charge is 0.387 e. The zero-order chi connectivity index (χ0) is 10.1. The van der Waals surface area contributed by atoms with Gasteiger partial charge in [-0.2, -0.15) is 0 Å². The normalized spacial score (nSPS) is 20.9. The SMILES string of the molecule is CCC1(O)CN(CC(=O)N(C)C)C1. The molecule has 0 radical (unpaired) electrons. The van der Waals surface area contributed by atoms with Crippen LogP contribution in [0, 0.1) is 0 Å². The third-order valence-corrected chi connectivity index (χ3v) is 2.55. The summed E-state index contributed by atoms with van der Waals surface area (Å²) in [6, 6.07) is 0. The van der Waals surface area contributed by atoms with Crippen LogP contribution < -0.4 is 0 Å². The number of hydrogen-bond donors (Lipinski definition) is 1. The molecule has 1 fully saturated rings. The molecule has 1 saturated heterocycles. The quantitative estimate of drug-likeness (QED) is 0.648. The number of hydrogen-bond acceptors (Lipinski definition) is 3. The lowest BCUT2D eigenvalue weighted by atomic mass is 9.91. The maximum Gasteiger partial charge on any atom is 0.236 e. The first-order chi connectivity index (χ1) is 5.97. The monoisotopic (exact) mass is 186 g/mol. The van der Waals surface area contributed by atoms with Crippen molar-refractivity contribution in [2.75, 3.05) is 33.7 Å². The van der Waals surface area contributed by atoms with Crippen LogP contribution in [0.3, 0.4) is 0 Å². The van der Waals surface area contributed by atoms with Crippen molar-refractivity contribution in [2.24, 2.45) is 0 Å². The van der Waals surface area contributed by atoms with Crippen molar-refractivity contribution in [1.82, 2.24) is 9.80 Å². The van der Waals surface area contributed by atoms with Crippen LogP contribution >= 0.6 is 0 Å². The average molecular weight is 186 g/mol. The van der Waals surface area contributed by atoms with E-state index in [-0.39, 0.29) is 5.91 Å². The number of β-amino-alcohol motifs (C(OH)–C–C–N with tert-alkyl or cyclic N) is 1. The van der Waals surface area contributed by atoms with Crippen LogP contribution in [-0.2, 0) is 4.79 Å². The molecule has 0 bridgehead atoms. The van der Waals surface area contributed by atoms with Crippen LogP contribution in [0.15, 0.2) is 0 Å². The molecular formula is C9H18N2O2. The zero-order valence-electron chi connectivity index (χ0n) is 8.58. The van der Waals surface area contributed by atoms with Gasteiger partial charge in [0, 0.05) is 27.2 Å². The minimum absolute atomic E-state index is 0.0955. The number of carbonyl (C=O) groups is 1. The zero-order valence-corrected chi connectivity index (χ0v) is 8.58. The molecule has 0 spiro atoms. The van der Waals surface area contributed by atoms with Crippen LogP contribution in [-0.4, -0.2) is 60.1 Å². The van der Waals surface area contributed by atoms with Gasteiger partial charge in [-0.05, 0) is 6.42 Å². The lowest BCUT2D eigenvalue weighted by Gasteiger charge is -2.46. The highest BCUT2D eigenvalue weighted by Gasteiger charge is 2.39. The van der Waals surface area contributed by atoms with E-state index in [0.717, 1.165) is 6.42 Å². The molecule has 4 nitrogen and oxygen atoms in total. The Kier molecular flexibility index (Phi) is 2.93. The molecule has 0 aromatic heterocycles. The molecule has 1 aliphatic heterocycles. The van der Waals surface area contributed by atoms with E-state index in [1.54, 1.807) is 19.0 Å². The summed E-state index contributed by atoms with van der Waals surface area (Å²) in [6.07, 6.45) is 0.764. The molecule has 0 atom stereocenters. The van der Waals surface area contributed by atoms with E-state index in [1.807, 2.05) is 11.8 Å². The third kappa shape index (κ3) is 2.42. The van der Waals surface area contributed by atoms with Crippen LogP contribution in [0.4, 0.5) is 0 Å². The van der Waals surface area contributed by atoms with Gasteiger partial charge in [0.1, 0.15) is 0 Å². The first-order valence-electron chi connectivity index (χ1n) is 4.62. The molecule has 0 aliphatic carbocycles. The van der Waals surface area contributed by atoms with Crippen LogP contribution in [0.5, 0.6) is 0 Å². The van der Waals surface area contributed by atoms with E-state index >= 15 is 0 Å². The van der Waals surface area contributed by atoms with Gasteiger partial charge in [-0.3, -0.25) is 9.69 Å². The summed E-state index contributed by atoms with van der Waals surface area (Å²) in [4.78, 5) is 14.8. The van der Waals surface area contributed by atoms with Crippen molar-refractivity contribution in [3.8, 4) is 0 Å². The second-order valence-electron chi connectivity index (χ2n) is 4.01. The highest BCUT2D eigenvalue weighted by molar-refractivity contribution is 5.77. The highest BCUT2D eigenvalue weighted by Crippen LogP contribution is 2.23. The Morgan fingerprint density at radius 3 is 2.46 bits per heavy atom. The van der Waals surface area contributed by atoms with E-state index in [0.29, 0.717) is 19.6 Å². The minimum Gasteiger partial charge on any atom is -0.387 e. The van der Waals surface area contributed by atoms with E-state index in [4.69, 9.17) is 0 Å². The molecule has 76 valence electrons. The summed E-state index contributed by atoms with van der Waals surface area (Å²) in [5.74, 6) is 0.0955. The van der Waals surface area contributed by atoms with Gasteiger partial charge in [-0.1, -0.05) is 6.92 Å². The van der Waals surface area contributed by atoms with Gasteiger partial charge >= 0.3 is 0 Å². The fourth-order valence-electron chi connectivity index (χ4n) is 1.45. The molecule has 0 saturated carbocycles. The Bertz CT molecular complexity index is 198. The molecule has 0 aromatic rings. The van der Waals surface area contributed by atoms with Crippen molar-refractivity contribution in [2.45, 2.75) is 18.9 Å². The number of nitrogens with zero attached hydrogens (tertiary/aromatic N) is 2. The molecule has 1 aliphatic rings. The lowest BCUT2D eigenvalue weighted by Crippen LogP contribution is -2.62. The summed E-state index contributed by atoms with van der Waals surface area (Å²) >= 11 is 0. The molecular weight excluding hydrogens is 168 g/mol. The summed E-state index contributed by atoms with van der Waals surface area (Å²) in [6.45, 7) is 3.65. The number of aliphatic hydroxyl groups is 1. The summed E-state index contributed by atoms with van der Waals surface area (Å²) < 4.78 is 0. The maximum atomic E-state index is 11.2. The predicted octanol–water partition coefficient (Wildman–Crippen LogP) is -0.469. The Hall–Kier alpha value is -0.610. The van der Waals surface area contributed by atoms with Gasteiger partial charge in [-0.15, -0.1) is 0 Å². The lowest BCUT2D eigenvalue weighted by molar-refractivity contribution is -0.139. The van der Waals surface area contributed by atoms with Crippen molar-refractivity contribution in [3.05, 3.63) is 0 Å². The van der Waals surface area contributed by atoms with E-state index in [9.17, 15) is 9.90 Å². The van der Waals surface area contributed by atoms with Gasteiger partial charge in [0.25, 0.3) is 0 Å². The highest BCUT2D eigenvalue weighted by atomic mass is 16.3. The summed E-state index contributed by atoms with van der Waals surface area (Å²) in [5.41, 5.74) is -0.535. The fraction of sp³-hybridized carbons (Fsp3) is 0.889. The smallest absolute Gasteiger partial charge is 0.236 e. The Morgan fingerprint density at radius 2 is 2.08 bits per heavy atom. The molecule has 4 heteroatoms. The Labute approximate surface area is 79.1 Å². The molecule has 1 rings (SSSR count). The van der Waals surface area contributed by atoms with Crippen molar-refractivity contribution in [3.63, 3.8) is 0 Å². The van der Waals surface area contributed by atoms with Gasteiger partial charge < -0.3 is 10.0 Å². The minimum atomic E-state index is -0.535. The second-order valence-corrected chi connectivity index (χ2v) is 4.01. The van der Waals surface area contributed by atoms with Crippen LogP contribution in [0.1, 0.15) is 13.3 Å². The van der Waals surface area contributed by atoms with Crippen molar-refractivity contribution >= 4 is 5.91 Å². The first kappa shape index (κ1) is 10.5.